The fraction of sp³-hybridized carbons (Fsp3) is 0.833. The Morgan fingerprint density at radius 2 is 2.00 bits per heavy atom. The number of likely N-dealkylation sites (tertiary alicyclic amines) is 1. The van der Waals surface area contributed by atoms with Gasteiger partial charge in [-0.2, -0.15) is 0 Å². The Balaban J connectivity index is 2.12. The van der Waals surface area contributed by atoms with Crippen molar-refractivity contribution in [1.82, 2.24) is 15.5 Å². The number of piperidine rings is 1. The molecule has 2 amide bonds. The summed E-state index contributed by atoms with van der Waals surface area (Å²) in [6.45, 7) is 4.03. The van der Waals surface area contributed by atoms with Crippen molar-refractivity contribution < 1.29 is 14.7 Å². The minimum atomic E-state index is -0.826. The summed E-state index contributed by atoms with van der Waals surface area (Å²) in [4.78, 5) is 24.4. The van der Waals surface area contributed by atoms with Crippen molar-refractivity contribution in [1.29, 1.82) is 0 Å². The molecule has 6 nitrogen and oxygen atoms in total. The van der Waals surface area contributed by atoms with Gasteiger partial charge in [0.1, 0.15) is 0 Å². The number of hydrogen-bond acceptors (Lipinski definition) is 3. The average Bonchev–Trinajstić information content (AvgIpc) is 2.32. The fourth-order valence-corrected chi connectivity index (χ4v) is 1.92. The summed E-state index contributed by atoms with van der Waals surface area (Å²) in [7, 11) is 2.07. The van der Waals surface area contributed by atoms with Crippen LogP contribution in [0.4, 0.5) is 4.79 Å². The van der Waals surface area contributed by atoms with Crippen LogP contribution < -0.4 is 10.6 Å². The van der Waals surface area contributed by atoms with Gasteiger partial charge in [0.2, 0.25) is 0 Å². The zero-order valence-corrected chi connectivity index (χ0v) is 11.1. The van der Waals surface area contributed by atoms with Crippen molar-refractivity contribution in [2.75, 3.05) is 26.7 Å². The number of nitrogens with one attached hydrogen (secondary N) is 2. The summed E-state index contributed by atoms with van der Waals surface area (Å²) >= 11 is 0. The third-order valence-electron chi connectivity index (χ3n) is 3.34. The number of urea groups is 1. The summed E-state index contributed by atoms with van der Waals surface area (Å²) in [6.07, 6.45) is 2.39. The van der Waals surface area contributed by atoms with Crippen molar-refractivity contribution in [3.63, 3.8) is 0 Å². The predicted molar refractivity (Wildman–Crippen MR) is 68.5 cm³/mol. The van der Waals surface area contributed by atoms with E-state index in [1.807, 2.05) is 0 Å². The molecule has 1 unspecified atom stereocenters. The molecule has 1 aliphatic rings. The highest BCUT2D eigenvalue weighted by atomic mass is 16.4. The van der Waals surface area contributed by atoms with E-state index in [4.69, 9.17) is 5.11 Å². The maximum atomic E-state index is 11.6. The van der Waals surface area contributed by atoms with Crippen molar-refractivity contribution >= 4 is 12.0 Å². The molecule has 0 saturated carbocycles. The molecule has 104 valence electrons. The lowest BCUT2D eigenvalue weighted by Gasteiger charge is -2.29. The van der Waals surface area contributed by atoms with Gasteiger partial charge in [0.15, 0.2) is 0 Å². The fourth-order valence-electron chi connectivity index (χ4n) is 1.92. The molecule has 1 aliphatic heterocycles. The zero-order chi connectivity index (χ0) is 13.5. The number of carboxylic acids is 1. The molecule has 1 fully saturated rings. The summed E-state index contributed by atoms with van der Waals surface area (Å²) in [5, 5.41) is 14.3. The van der Waals surface area contributed by atoms with Gasteiger partial charge in [-0.3, -0.25) is 4.79 Å². The Morgan fingerprint density at radius 1 is 1.39 bits per heavy atom. The minimum absolute atomic E-state index is 0.192. The normalized spacial score (nSPS) is 19.2. The molecule has 0 radical (unpaired) electrons. The molecule has 0 aliphatic carbocycles. The molecule has 1 heterocycles. The van der Waals surface area contributed by atoms with E-state index < -0.39 is 11.9 Å². The highest BCUT2D eigenvalue weighted by Crippen LogP contribution is 2.07. The van der Waals surface area contributed by atoms with E-state index in [0.29, 0.717) is 13.0 Å². The quantitative estimate of drug-likeness (QED) is 0.669. The second kappa shape index (κ2) is 7.20. The van der Waals surface area contributed by atoms with Crippen LogP contribution in [0, 0.1) is 5.92 Å². The Hall–Kier alpha value is -1.30. The molecule has 1 atom stereocenters. The largest absolute Gasteiger partial charge is 0.481 e. The lowest BCUT2D eigenvalue weighted by molar-refractivity contribution is -0.141. The molecule has 0 aromatic carbocycles. The summed E-state index contributed by atoms with van der Waals surface area (Å²) in [5.74, 6) is -1.25. The Bertz CT molecular complexity index is 288. The van der Waals surface area contributed by atoms with Gasteiger partial charge < -0.3 is 20.6 Å². The van der Waals surface area contributed by atoms with Crippen molar-refractivity contribution in [2.24, 2.45) is 5.92 Å². The topological polar surface area (TPSA) is 81.7 Å². The first-order valence-corrected chi connectivity index (χ1v) is 6.44. The number of aliphatic carboxylic acids is 1. The SMILES string of the molecule is CC(CCNC(=O)NC1CCN(C)CC1)C(=O)O. The maximum Gasteiger partial charge on any atom is 0.315 e. The third kappa shape index (κ3) is 5.35. The van der Waals surface area contributed by atoms with E-state index in [1.54, 1.807) is 6.92 Å². The molecule has 6 heteroatoms. The standard InChI is InChI=1S/C12H23N3O3/c1-9(11(16)17)3-6-13-12(18)14-10-4-7-15(2)8-5-10/h9-10H,3-8H2,1-2H3,(H,16,17)(H2,13,14,18). The Kier molecular flexibility index (Phi) is 5.91. The van der Waals surface area contributed by atoms with Crippen LogP contribution in [0.25, 0.3) is 0 Å². The second-order valence-electron chi connectivity index (χ2n) is 5.01. The molecule has 1 saturated heterocycles. The molecule has 1 rings (SSSR count). The Morgan fingerprint density at radius 3 is 2.56 bits per heavy atom. The van der Waals surface area contributed by atoms with Gasteiger partial charge in [0, 0.05) is 12.6 Å². The maximum absolute atomic E-state index is 11.6. The monoisotopic (exact) mass is 257 g/mol. The molecular weight excluding hydrogens is 234 g/mol. The van der Waals surface area contributed by atoms with E-state index in [9.17, 15) is 9.59 Å². The first-order chi connectivity index (χ1) is 8.49. The number of hydrogen-bond donors (Lipinski definition) is 3. The van der Waals surface area contributed by atoms with Gasteiger partial charge in [-0.05, 0) is 39.4 Å². The summed E-state index contributed by atoms with van der Waals surface area (Å²) < 4.78 is 0. The van der Waals surface area contributed by atoms with Crippen LogP contribution in [0.3, 0.4) is 0 Å². The lowest BCUT2D eigenvalue weighted by atomic mass is 10.1. The van der Waals surface area contributed by atoms with E-state index >= 15 is 0 Å². The first-order valence-electron chi connectivity index (χ1n) is 6.44. The molecule has 0 spiro atoms. The van der Waals surface area contributed by atoms with Crippen molar-refractivity contribution in [3.05, 3.63) is 0 Å². The van der Waals surface area contributed by atoms with Gasteiger partial charge in [-0.25, -0.2) is 4.79 Å². The van der Waals surface area contributed by atoms with Gasteiger partial charge in [0.05, 0.1) is 5.92 Å². The van der Waals surface area contributed by atoms with Crippen LogP contribution in [-0.4, -0.2) is 54.7 Å². The van der Waals surface area contributed by atoms with Gasteiger partial charge in [-0.15, -0.1) is 0 Å². The highest BCUT2D eigenvalue weighted by molar-refractivity contribution is 5.74. The van der Waals surface area contributed by atoms with Crippen LogP contribution in [0.1, 0.15) is 26.2 Å². The molecule has 0 aromatic rings. The number of nitrogens with zero attached hydrogens (tertiary/aromatic N) is 1. The molecule has 0 aromatic heterocycles. The average molecular weight is 257 g/mol. The van der Waals surface area contributed by atoms with E-state index in [0.717, 1.165) is 25.9 Å². The number of carbonyl (C=O) groups is 2. The smallest absolute Gasteiger partial charge is 0.315 e. The number of carboxylic acid groups (broad SMARTS) is 1. The molecular formula is C12H23N3O3. The molecule has 3 N–H and O–H groups in total. The van der Waals surface area contributed by atoms with Crippen LogP contribution in [0.5, 0.6) is 0 Å². The van der Waals surface area contributed by atoms with E-state index in [2.05, 4.69) is 22.6 Å². The lowest BCUT2D eigenvalue weighted by Crippen LogP contribution is -2.47. The van der Waals surface area contributed by atoms with Gasteiger partial charge in [0.25, 0.3) is 0 Å². The molecule has 18 heavy (non-hydrogen) atoms. The van der Waals surface area contributed by atoms with Crippen LogP contribution in [0.2, 0.25) is 0 Å². The second-order valence-corrected chi connectivity index (χ2v) is 5.01. The number of rotatable bonds is 5. The first kappa shape index (κ1) is 14.8. The highest BCUT2D eigenvalue weighted by Gasteiger charge is 2.18. The van der Waals surface area contributed by atoms with Crippen LogP contribution in [-0.2, 0) is 4.79 Å². The van der Waals surface area contributed by atoms with Crippen molar-refractivity contribution in [3.8, 4) is 0 Å². The zero-order valence-electron chi connectivity index (χ0n) is 11.1. The summed E-state index contributed by atoms with van der Waals surface area (Å²) in [6, 6.07) is 0.0419. The number of carbonyl (C=O) groups excluding carboxylic acids is 1. The van der Waals surface area contributed by atoms with E-state index in [1.165, 1.54) is 0 Å². The van der Waals surface area contributed by atoms with Crippen molar-refractivity contribution in [2.45, 2.75) is 32.2 Å². The van der Waals surface area contributed by atoms with E-state index in [-0.39, 0.29) is 12.1 Å². The Labute approximate surface area is 108 Å². The minimum Gasteiger partial charge on any atom is -0.481 e. The molecule has 0 bridgehead atoms. The summed E-state index contributed by atoms with van der Waals surface area (Å²) in [5.41, 5.74) is 0. The van der Waals surface area contributed by atoms with Gasteiger partial charge >= 0.3 is 12.0 Å². The predicted octanol–water partition coefficient (Wildman–Crippen LogP) is 0.491. The number of amides is 2. The van der Waals surface area contributed by atoms with Crippen LogP contribution in [0.15, 0.2) is 0 Å². The van der Waals surface area contributed by atoms with Gasteiger partial charge in [-0.1, -0.05) is 6.92 Å². The van der Waals surface area contributed by atoms with Crippen LogP contribution >= 0.6 is 0 Å². The third-order valence-corrected chi connectivity index (χ3v) is 3.34.